The number of hydrogen-bond donors (Lipinski definition) is 0. The van der Waals surface area contributed by atoms with Gasteiger partial charge in [-0.05, 0) is 67.7 Å². The Balaban J connectivity index is 0.000000131. The zero-order valence-electron chi connectivity index (χ0n) is 13.1. The minimum atomic E-state index is 0.847. The van der Waals surface area contributed by atoms with Crippen LogP contribution in [-0.2, 0) is 6.42 Å². The van der Waals surface area contributed by atoms with E-state index in [4.69, 9.17) is 0 Å². The van der Waals surface area contributed by atoms with Crippen molar-refractivity contribution in [3.8, 4) is 0 Å². The second-order valence-corrected chi connectivity index (χ2v) is 6.31. The van der Waals surface area contributed by atoms with E-state index in [1.54, 1.807) is 11.1 Å². The van der Waals surface area contributed by atoms with Crippen LogP contribution < -0.4 is 0 Å². The van der Waals surface area contributed by atoms with Gasteiger partial charge < -0.3 is 0 Å². The van der Waals surface area contributed by atoms with E-state index in [-0.39, 0.29) is 0 Å². The van der Waals surface area contributed by atoms with Crippen LogP contribution in [0.4, 0.5) is 0 Å². The molecule has 1 aromatic rings. The normalized spacial score (nSPS) is 21.3. The lowest BCUT2D eigenvalue weighted by Crippen LogP contribution is -1.98. The fourth-order valence-corrected chi connectivity index (χ4v) is 3.50. The molecule has 0 nitrogen and oxygen atoms in total. The Kier molecular flexibility index (Phi) is 4.24. The molecule has 0 heteroatoms. The van der Waals surface area contributed by atoms with Crippen molar-refractivity contribution in [2.75, 3.05) is 0 Å². The van der Waals surface area contributed by atoms with Crippen LogP contribution in [0.2, 0.25) is 0 Å². The van der Waals surface area contributed by atoms with Gasteiger partial charge in [0, 0.05) is 0 Å². The Morgan fingerprint density at radius 3 is 2.76 bits per heavy atom. The van der Waals surface area contributed by atoms with Crippen LogP contribution in [0.25, 0.3) is 6.08 Å². The molecule has 108 valence electrons. The lowest BCUT2D eigenvalue weighted by molar-refractivity contribution is 0.633. The van der Waals surface area contributed by atoms with Gasteiger partial charge >= 0.3 is 0 Å². The molecule has 0 spiro atoms. The average molecular weight is 276 g/mol. The molecule has 0 amide bonds. The number of benzene rings is 1. The van der Waals surface area contributed by atoms with Crippen LogP contribution in [0.5, 0.6) is 0 Å². The van der Waals surface area contributed by atoms with Gasteiger partial charge in [-0.3, -0.25) is 0 Å². The fourth-order valence-electron chi connectivity index (χ4n) is 3.50. The minimum Gasteiger partial charge on any atom is -0.0839 e. The van der Waals surface area contributed by atoms with Crippen LogP contribution in [-0.4, -0.2) is 0 Å². The first-order chi connectivity index (χ1) is 10.3. The summed E-state index contributed by atoms with van der Waals surface area (Å²) in [5.41, 5.74) is 7.61. The van der Waals surface area contributed by atoms with E-state index in [0.717, 1.165) is 12.3 Å². The summed E-state index contributed by atoms with van der Waals surface area (Å²) in [4.78, 5) is 0. The molecule has 1 unspecified atom stereocenters. The molecular weight excluding hydrogens is 252 g/mol. The predicted octanol–water partition coefficient (Wildman–Crippen LogP) is 5.88. The van der Waals surface area contributed by atoms with Gasteiger partial charge in [-0.2, -0.15) is 0 Å². The van der Waals surface area contributed by atoms with Gasteiger partial charge in [-0.1, -0.05) is 60.2 Å². The van der Waals surface area contributed by atoms with Crippen LogP contribution >= 0.6 is 0 Å². The molecule has 1 aromatic carbocycles. The third kappa shape index (κ3) is 3.10. The van der Waals surface area contributed by atoms with E-state index >= 15 is 0 Å². The van der Waals surface area contributed by atoms with Crippen molar-refractivity contribution in [2.24, 2.45) is 5.92 Å². The first-order valence-electron chi connectivity index (χ1n) is 8.03. The SMILES string of the molecule is C1=Cc2ccccc2C1.CC(C)=C1CCC2CC=CC=C12. The third-order valence-corrected chi connectivity index (χ3v) is 4.66. The fraction of sp³-hybridized carbons (Fsp3) is 0.333. The Morgan fingerprint density at radius 2 is 1.95 bits per heavy atom. The van der Waals surface area contributed by atoms with Crippen LogP contribution in [0.1, 0.15) is 44.2 Å². The maximum atomic E-state index is 2.31. The molecule has 0 N–H and O–H groups in total. The van der Waals surface area contributed by atoms with E-state index < -0.39 is 0 Å². The molecule has 0 aromatic heterocycles. The van der Waals surface area contributed by atoms with Crippen molar-refractivity contribution in [1.82, 2.24) is 0 Å². The molecule has 0 saturated heterocycles. The highest BCUT2D eigenvalue weighted by Crippen LogP contribution is 2.41. The third-order valence-electron chi connectivity index (χ3n) is 4.66. The summed E-state index contributed by atoms with van der Waals surface area (Å²) in [6.07, 6.45) is 16.3. The van der Waals surface area contributed by atoms with Gasteiger partial charge in [-0.15, -0.1) is 0 Å². The Labute approximate surface area is 128 Å². The molecule has 3 aliphatic carbocycles. The molecule has 3 aliphatic rings. The molecule has 1 saturated carbocycles. The number of hydrogen-bond acceptors (Lipinski definition) is 0. The summed E-state index contributed by atoms with van der Waals surface area (Å²) < 4.78 is 0. The predicted molar refractivity (Wildman–Crippen MR) is 92.1 cm³/mol. The van der Waals surface area contributed by atoms with Crippen LogP contribution in [0, 0.1) is 5.92 Å². The molecule has 0 bridgehead atoms. The zero-order chi connectivity index (χ0) is 14.7. The highest BCUT2D eigenvalue weighted by atomic mass is 14.3. The molecule has 0 radical (unpaired) electrons. The second-order valence-electron chi connectivity index (χ2n) is 6.31. The molecule has 1 atom stereocenters. The first kappa shape index (κ1) is 14.1. The van der Waals surface area contributed by atoms with Gasteiger partial charge in [0.25, 0.3) is 0 Å². The maximum absolute atomic E-state index is 2.31. The molecular formula is C21H24. The molecule has 1 fully saturated rings. The lowest BCUT2D eigenvalue weighted by atomic mass is 9.92. The van der Waals surface area contributed by atoms with Crippen molar-refractivity contribution in [1.29, 1.82) is 0 Å². The zero-order valence-corrected chi connectivity index (χ0v) is 13.1. The first-order valence-corrected chi connectivity index (χ1v) is 8.03. The summed E-state index contributed by atoms with van der Waals surface area (Å²) in [5, 5.41) is 0. The number of fused-ring (bicyclic) bond motifs is 2. The summed E-state index contributed by atoms with van der Waals surface area (Å²) >= 11 is 0. The summed E-state index contributed by atoms with van der Waals surface area (Å²) in [7, 11) is 0. The monoisotopic (exact) mass is 276 g/mol. The average Bonchev–Trinajstić information content (AvgIpc) is 3.14. The number of rotatable bonds is 0. The highest BCUT2D eigenvalue weighted by molar-refractivity contribution is 5.59. The Hall–Kier alpha value is -1.82. The second kappa shape index (κ2) is 6.30. The van der Waals surface area contributed by atoms with E-state index in [0.29, 0.717) is 0 Å². The lowest BCUT2D eigenvalue weighted by Gasteiger charge is -2.13. The van der Waals surface area contributed by atoms with Gasteiger partial charge in [0.15, 0.2) is 0 Å². The smallest absolute Gasteiger partial charge is 0.00882 e. The Bertz CT molecular complexity index is 634. The highest BCUT2D eigenvalue weighted by Gasteiger charge is 2.25. The minimum absolute atomic E-state index is 0.847. The summed E-state index contributed by atoms with van der Waals surface area (Å²) in [6, 6.07) is 8.49. The van der Waals surface area contributed by atoms with Crippen LogP contribution in [0.3, 0.4) is 0 Å². The van der Waals surface area contributed by atoms with Crippen molar-refractivity contribution in [2.45, 2.75) is 39.5 Å². The largest absolute Gasteiger partial charge is 0.0839 e. The van der Waals surface area contributed by atoms with E-state index in [2.05, 4.69) is 68.5 Å². The van der Waals surface area contributed by atoms with Crippen LogP contribution in [0.15, 0.2) is 65.3 Å². The van der Waals surface area contributed by atoms with Gasteiger partial charge in [0.1, 0.15) is 0 Å². The van der Waals surface area contributed by atoms with E-state index in [1.807, 2.05) is 0 Å². The van der Waals surface area contributed by atoms with E-state index in [1.165, 1.54) is 36.0 Å². The molecule has 0 aliphatic heterocycles. The standard InChI is InChI=1S/C12H16.C9H8/c1-9(2)11-8-7-10-5-3-4-6-12(10)11;1-2-5-9-7-3-6-8(9)4-1/h3-4,6,10H,5,7-8H2,1-2H3;1-6H,7H2. The Morgan fingerprint density at radius 1 is 1.10 bits per heavy atom. The topological polar surface area (TPSA) is 0 Å². The van der Waals surface area contributed by atoms with Crippen molar-refractivity contribution in [3.05, 3.63) is 76.4 Å². The van der Waals surface area contributed by atoms with Gasteiger partial charge in [-0.25, -0.2) is 0 Å². The van der Waals surface area contributed by atoms with Crippen molar-refractivity contribution < 1.29 is 0 Å². The quantitative estimate of drug-likeness (QED) is 0.555. The maximum Gasteiger partial charge on any atom is -0.00882 e. The molecule has 21 heavy (non-hydrogen) atoms. The van der Waals surface area contributed by atoms with Gasteiger partial charge in [0.05, 0.1) is 0 Å². The number of allylic oxidation sites excluding steroid dienone is 7. The van der Waals surface area contributed by atoms with E-state index in [9.17, 15) is 0 Å². The molecule has 0 heterocycles. The van der Waals surface area contributed by atoms with Crippen molar-refractivity contribution >= 4 is 6.08 Å². The van der Waals surface area contributed by atoms with Crippen molar-refractivity contribution in [3.63, 3.8) is 0 Å². The molecule has 4 rings (SSSR count). The summed E-state index contributed by atoms with van der Waals surface area (Å²) in [6.45, 7) is 4.47. The summed E-state index contributed by atoms with van der Waals surface area (Å²) in [5.74, 6) is 0.847. The van der Waals surface area contributed by atoms with Gasteiger partial charge in [0.2, 0.25) is 0 Å².